The van der Waals surface area contributed by atoms with Crippen molar-refractivity contribution in [2.75, 3.05) is 11.9 Å². The third-order valence-electron chi connectivity index (χ3n) is 5.47. The van der Waals surface area contributed by atoms with Gasteiger partial charge in [-0.15, -0.1) is 0 Å². The van der Waals surface area contributed by atoms with Crippen molar-refractivity contribution in [2.45, 2.75) is 32.2 Å². The number of nitrogens with one attached hydrogen (secondary N) is 2. The number of fused-ring (bicyclic) bond motifs is 1. The molecule has 0 aliphatic rings. The van der Waals surface area contributed by atoms with Crippen LogP contribution in [-0.2, 0) is 0 Å². The van der Waals surface area contributed by atoms with E-state index in [1.807, 2.05) is 6.07 Å². The Morgan fingerprint density at radius 2 is 1.97 bits per heavy atom. The van der Waals surface area contributed by atoms with Crippen LogP contribution in [0.1, 0.15) is 29.8 Å². The monoisotopic (exact) mass is 525 g/mol. The van der Waals surface area contributed by atoms with E-state index in [0.29, 0.717) is 22.5 Å². The molecule has 196 valence electrons. The first kappa shape index (κ1) is 26.4. The molecule has 3 N–H and O–H groups in total. The quantitative estimate of drug-likeness (QED) is 0.300. The van der Waals surface area contributed by atoms with Gasteiger partial charge in [0.05, 0.1) is 70.1 Å². The van der Waals surface area contributed by atoms with Gasteiger partial charge in [0.15, 0.2) is 0 Å². The summed E-state index contributed by atoms with van der Waals surface area (Å²) in [5, 5.41) is 28.6. The van der Waals surface area contributed by atoms with Crippen LogP contribution in [0.5, 0.6) is 5.75 Å². The lowest BCUT2D eigenvalue weighted by atomic mass is 10.0. The van der Waals surface area contributed by atoms with Crippen molar-refractivity contribution in [3.8, 4) is 23.2 Å². The summed E-state index contributed by atoms with van der Waals surface area (Å²) in [5.74, 6) is -0.894. The molecule has 4 aromatic heterocycles. The number of nitrogens with zero attached hydrogens (tertiary/aromatic N) is 5. The van der Waals surface area contributed by atoms with Gasteiger partial charge in [-0.05, 0) is 38.1 Å². The number of halogens is 3. The number of rotatable bonds is 9. The first-order chi connectivity index (χ1) is 18.0. The number of ether oxygens (including phenoxy) is 1. The summed E-state index contributed by atoms with van der Waals surface area (Å²) in [6, 6.07) is 9.93. The average Bonchev–Trinajstić information content (AvgIpc) is 3.29. The number of aromatic nitrogens is 4. The molecule has 0 aromatic carbocycles. The number of alkyl halides is 3. The third-order valence-corrected chi connectivity index (χ3v) is 5.47. The fourth-order valence-corrected chi connectivity index (χ4v) is 3.47. The third kappa shape index (κ3) is 5.98. The molecule has 0 bridgehead atoms. The van der Waals surface area contributed by atoms with Crippen molar-refractivity contribution in [1.82, 2.24) is 24.9 Å². The standard InChI is InChI=1S/C25H22F3N7O3/c1-25(2,37)22(26)13-32-23(36)18-12-31-20(21-4-3-16-5-14(8-29)9-33-35(16)21)7-19(18)34-15-6-17(11-30-10-15)38-24(27)28/h3-7,9-12,22,24,37H,13H2,1-2H3,(H,31,34)(H,32,36). The van der Waals surface area contributed by atoms with Gasteiger partial charge in [0.25, 0.3) is 5.91 Å². The molecule has 0 aliphatic carbocycles. The molecule has 0 saturated heterocycles. The number of hydrogen-bond acceptors (Lipinski definition) is 8. The molecule has 1 amide bonds. The second-order valence-electron chi connectivity index (χ2n) is 8.77. The Bertz CT molecular complexity index is 1510. The van der Waals surface area contributed by atoms with Crippen LogP contribution < -0.4 is 15.4 Å². The topological polar surface area (TPSA) is 137 Å². The van der Waals surface area contributed by atoms with Crippen molar-refractivity contribution in [1.29, 1.82) is 5.26 Å². The lowest BCUT2D eigenvalue weighted by molar-refractivity contribution is -0.0500. The van der Waals surface area contributed by atoms with Crippen LogP contribution in [0.15, 0.2) is 55.1 Å². The molecule has 13 heteroatoms. The van der Waals surface area contributed by atoms with Gasteiger partial charge in [0.1, 0.15) is 18.0 Å². The Kier molecular flexibility index (Phi) is 7.45. The summed E-state index contributed by atoms with van der Waals surface area (Å²) in [5.41, 5.74) is 0.711. The lowest BCUT2D eigenvalue weighted by Crippen LogP contribution is -2.42. The van der Waals surface area contributed by atoms with E-state index in [1.165, 1.54) is 44.6 Å². The highest BCUT2D eigenvalue weighted by Crippen LogP contribution is 2.29. The van der Waals surface area contributed by atoms with Gasteiger partial charge in [-0.25, -0.2) is 8.91 Å². The Labute approximate surface area is 214 Å². The molecule has 4 rings (SSSR count). The molecule has 1 unspecified atom stereocenters. The first-order valence-corrected chi connectivity index (χ1v) is 11.2. The van der Waals surface area contributed by atoms with Gasteiger partial charge < -0.3 is 20.5 Å². The van der Waals surface area contributed by atoms with Crippen molar-refractivity contribution in [3.63, 3.8) is 0 Å². The molecular formula is C25H22F3N7O3. The molecule has 0 aliphatic heterocycles. The zero-order valence-corrected chi connectivity index (χ0v) is 20.2. The SMILES string of the molecule is CC(C)(O)C(F)CNC(=O)c1cnc(-c2ccc3cc(C#N)cnn23)cc1Nc1cncc(OC(F)F)c1. The smallest absolute Gasteiger partial charge is 0.387 e. The van der Waals surface area contributed by atoms with Gasteiger partial charge in [-0.1, -0.05) is 0 Å². The number of hydrogen-bond donors (Lipinski definition) is 3. The fraction of sp³-hybridized carbons (Fsp3) is 0.240. The van der Waals surface area contributed by atoms with Crippen molar-refractivity contribution >= 4 is 22.8 Å². The van der Waals surface area contributed by atoms with Crippen LogP contribution in [0.25, 0.3) is 16.9 Å². The largest absolute Gasteiger partial charge is 0.433 e. The van der Waals surface area contributed by atoms with E-state index in [-0.39, 0.29) is 22.7 Å². The van der Waals surface area contributed by atoms with Crippen molar-refractivity contribution < 1.29 is 27.8 Å². The van der Waals surface area contributed by atoms with Crippen LogP contribution in [0.3, 0.4) is 0 Å². The maximum absolute atomic E-state index is 14.2. The molecule has 4 aromatic rings. The van der Waals surface area contributed by atoms with E-state index in [0.717, 1.165) is 6.20 Å². The molecule has 1 atom stereocenters. The highest BCUT2D eigenvalue weighted by atomic mass is 19.3. The Balaban J connectivity index is 1.71. The van der Waals surface area contributed by atoms with Gasteiger partial charge in [-0.2, -0.15) is 19.1 Å². The van der Waals surface area contributed by atoms with Gasteiger partial charge >= 0.3 is 6.61 Å². The number of pyridine rings is 2. The van der Waals surface area contributed by atoms with Gasteiger partial charge in [0.2, 0.25) is 0 Å². The number of carbonyl (C=O) groups excluding carboxylic acids is 1. The number of carbonyl (C=O) groups is 1. The van der Waals surface area contributed by atoms with Crippen molar-refractivity contribution in [2.24, 2.45) is 0 Å². The molecular weight excluding hydrogens is 503 g/mol. The highest BCUT2D eigenvalue weighted by Gasteiger charge is 2.27. The zero-order valence-electron chi connectivity index (χ0n) is 20.2. The minimum atomic E-state index is -3.05. The molecule has 38 heavy (non-hydrogen) atoms. The van der Waals surface area contributed by atoms with E-state index >= 15 is 0 Å². The second-order valence-corrected chi connectivity index (χ2v) is 8.77. The predicted molar refractivity (Wildman–Crippen MR) is 131 cm³/mol. The fourth-order valence-electron chi connectivity index (χ4n) is 3.47. The van der Waals surface area contributed by atoms with Crippen LogP contribution in [0, 0.1) is 11.3 Å². The Morgan fingerprint density at radius 1 is 1.18 bits per heavy atom. The number of nitriles is 1. The molecule has 0 radical (unpaired) electrons. The minimum Gasteiger partial charge on any atom is -0.433 e. The Hall–Kier alpha value is -4.70. The number of amides is 1. The van der Waals surface area contributed by atoms with E-state index in [1.54, 1.807) is 22.7 Å². The second kappa shape index (κ2) is 10.7. The normalized spacial score (nSPS) is 12.3. The summed E-state index contributed by atoms with van der Waals surface area (Å²) >= 11 is 0. The summed E-state index contributed by atoms with van der Waals surface area (Å²) in [7, 11) is 0. The lowest BCUT2D eigenvalue weighted by Gasteiger charge is -2.22. The first-order valence-electron chi connectivity index (χ1n) is 11.2. The maximum Gasteiger partial charge on any atom is 0.387 e. The summed E-state index contributed by atoms with van der Waals surface area (Å²) in [6.07, 6.45) is 3.37. The van der Waals surface area contributed by atoms with Crippen LogP contribution in [-0.4, -0.2) is 55.5 Å². The molecule has 10 nitrogen and oxygen atoms in total. The van der Waals surface area contributed by atoms with E-state index < -0.39 is 30.8 Å². The van der Waals surface area contributed by atoms with E-state index in [4.69, 9.17) is 5.26 Å². The molecule has 0 fully saturated rings. The average molecular weight is 525 g/mol. The molecule has 0 saturated carbocycles. The highest BCUT2D eigenvalue weighted by molar-refractivity contribution is 6.00. The van der Waals surface area contributed by atoms with Crippen LogP contribution in [0.2, 0.25) is 0 Å². The van der Waals surface area contributed by atoms with E-state index in [2.05, 4.69) is 30.4 Å². The maximum atomic E-state index is 14.2. The summed E-state index contributed by atoms with van der Waals surface area (Å²) in [6.45, 7) is -0.951. The Morgan fingerprint density at radius 3 is 2.68 bits per heavy atom. The van der Waals surface area contributed by atoms with E-state index in [9.17, 15) is 23.1 Å². The summed E-state index contributed by atoms with van der Waals surface area (Å²) < 4.78 is 45.5. The molecule has 4 heterocycles. The van der Waals surface area contributed by atoms with Gasteiger partial charge in [-0.3, -0.25) is 14.8 Å². The summed E-state index contributed by atoms with van der Waals surface area (Å²) in [4.78, 5) is 21.2. The number of anilines is 2. The zero-order chi connectivity index (χ0) is 27.4. The number of aliphatic hydroxyl groups is 1. The minimum absolute atomic E-state index is 0.0115. The van der Waals surface area contributed by atoms with Crippen LogP contribution >= 0.6 is 0 Å². The predicted octanol–water partition coefficient (Wildman–Crippen LogP) is 3.85. The van der Waals surface area contributed by atoms with Crippen molar-refractivity contribution in [3.05, 3.63) is 66.2 Å². The van der Waals surface area contributed by atoms with Crippen LogP contribution in [0.4, 0.5) is 24.5 Å². The van der Waals surface area contributed by atoms with Gasteiger partial charge in [0, 0.05) is 12.3 Å². The molecule has 0 spiro atoms.